The van der Waals surface area contributed by atoms with E-state index >= 15 is 0 Å². The summed E-state index contributed by atoms with van der Waals surface area (Å²) in [5.74, 6) is -9.30. The number of Topliss-reactive ketones (excluding diaryl/α,β-unsaturated/α-hetero) is 1. The van der Waals surface area contributed by atoms with E-state index in [2.05, 4.69) is 0 Å². The van der Waals surface area contributed by atoms with E-state index in [1.165, 1.54) is 0 Å². The fraction of sp³-hybridized carbons (Fsp3) is 0.250. The van der Waals surface area contributed by atoms with Crippen LogP contribution in [0.15, 0.2) is 6.07 Å². The number of carboxylic acid groups (broad SMARTS) is 2. The van der Waals surface area contributed by atoms with Crippen molar-refractivity contribution in [3.63, 3.8) is 0 Å². The fourth-order valence-corrected chi connectivity index (χ4v) is 2.42. The normalized spacial score (nSPS) is 20.7. The second-order valence-electron chi connectivity index (χ2n) is 4.44. The summed E-state index contributed by atoms with van der Waals surface area (Å²) < 4.78 is 0. The number of carbonyl (C=O) groups excluding carboxylic acids is 1. The second kappa shape index (κ2) is 4.41. The Bertz CT molecular complexity index is 633. The summed E-state index contributed by atoms with van der Waals surface area (Å²) in [5, 5.41) is 46.4. The first-order valence-electron chi connectivity index (χ1n) is 5.52. The summed E-state index contributed by atoms with van der Waals surface area (Å²) in [7, 11) is 0. The Morgan fingerprint density at radius 3 is 2.20 bits per heavy atom. The van der Waals surface area contributed by atoms with Crippen molar-refractivity contribution < 1.29 is 39.9 Å². The number of ketones is 1. The third-order valence-electron chi connectivity index (χ3n) is 3.27. The summed E-state index contributed by atoms with van der Waals surface area (Å²) in [6.07, 6.45) is -0.731. The minimum atomic E-state index is -1.58. The molecule has 1 aliphatic rings. The van der Waals surface area contributed by atoms with Crippen molar-refractivity contribution in [2.45, 2.75) is 12.3 Å². The number of carbonyl (C=O) groups is 3. The highest BCUT2D eigenvalue weighted by molar-refractivity contribution is 6.10. The van der Waals surface area contributed by atoms with Crippen LogP contribution < -0.4 is 0 Å². The number of fused-ring (bicyclic) bond motifs is 1. The number of aliphatic carboxylic acids is 2. The molecule has 0 spiro atoms. The Morgan fingerprint density at radius 1 is 1.10 bits per heavy atom. The van der Waals surface area contributed by atoms with Crippen LogP contribution in [-0.4, -0.2) is 43.3 Å². The van der Waals surface area contributed by atoms with E-state index in [9.17, 15) is 29.7 Å². The molecule has 5 N–H and O–H groups in total. The van der Waals surface area contributed by atoms with E-state index < -0.39 is 53.2 Å². The van der Waals surface area contributed by atoms with Gasteiger partial charge in [-0.25, -0.2) is 0 Å². The SMILES string of the molecule is O=C(O)C[C@@H]1C(=O)c2cc(O)c(O)c(O)c2[C@H]1C(=O)O. The highest BCUT2D eigenvalue weighted by Crippen LogP contribution is 2.50. The zero-order valence-corrected chi connectivity index (χ0v) is 9.90. The average molecular weight is 282 g/mol. The first-order valence-corrected chi connectivity index (χ1v) is 5.52. The number of hydrogen-bond donors (Lipinski definition) is 5. The maximum absolute atomic E-state index is 12.0. The van der Waals surface area contributed by atoms with E-state index in [0.29, 0.717) is 0 Å². The van der Waals surface area contributed by atoms with Crippen LogP contribution in [0.1, 0.15) is 28.3 Å². The fourth-order valence-electron chi connectivity index (χ4n) is 2.42. The number of carboxylic acids is 2. The lowest BCUT2D eigenvalue weighted by Gasteiger charge is -2.14. The number of benzene rings is 1. The van der Waals surface area contributed by atoms with Gasteiger partial charge in [0.2, 0.25) is 5.75 Å². The summed E-state index contributed by atoms with van der Waals surface area (Å²) in [6.45, 7) is 0. The van der Waals surface area contributed by atoms with Crippen LogP contribution in [-0.2, 0) is 9.59 Å². The van der Waals surface area contributed by atoms with Crippen molar-refractivity contribution >= 4 is 17.7 Å². The summed E-state index contributed by atoms with van der Waals surface area (Å²) in [5.41, 5.74) is -0.666. The van der Waals surface area contributed by atoms with E-state index in [0.717, 1.165) is 6.07 Å². The molecule has 0 amide bonds. The molecule has 2 atom stereocenters. The van der Waals surface area contributed by atoms with Crippen molar-refractivity contribution in [2.75, 3.05) is 0 Å². The zero-order chi connectivity index (χ0) is 15.2. The highest BCUT2D eigenvalue weighted by Gasteiger charge is 2.47. The zero-order valence-electron chi connectivity index (χ0n) is 9.90. The third-order valence-corrected chi connectivity index (χ3v) is 3.27. The lowest BCUT2D eigenvalue weighted by molar-refractivity contribution is -0.141. The summed E-state index contributed by atoms with van der Waals surface area (Å²) in [6, 6.07) is 0.824. The molecule has 0 bridgehead atoms. The van der Waals surface area contributed by atoms with Gasteiger partial charge in [-0.2, -0.15) is 0 Å². The van der Waals surface area contributed by atoms with Crippen molar-refractivity contribution in [3.8, 4) is 17.2 Å². The Kier molecular flexibility index (Phi) is 3.01. The van der Waals surface area contributed by atoms with Gasteiger partial charge in [0.05, 0.1) is 18.3 Å². The predicted octanol–water partition coefficient (Wildman–Crippen LogP) is 0.259. The van der Waals surface area contributed by atoms with Gasteiger partial charge in [-0.15, -0.1) is 0 Å². The number of rotatable bonds is 3. The lowest BCUT2D eigenvalue weighted by atomic mass is 9.89. The molecular weight excluding hydrogens is 272 g/mol. The van der Waals surface area contributed by atoms with Gasteiger partial charge < -0.3 is 25.5 Å². The number of phenols is 3. The molecule has 8 heteroatoms. The smallest absolute Gasteiger partial charge is 0.311 e. The monoisotopic (exact) mass is 282 g/mol. The third kappa shape index (κ3) is 1.81. The molecule has 0 radical (unpaired) electrons. The molecule has 8 nitrogen and oxygen atoms in total. The van der Waals surface area contributed by atoms with Crippen LogP contribution in [0.3, 0.4) is 0 Å². The van der Waals surface area contributed by atoms with E-state index in [1.54, 1.807) is 0 Å². The molecule has 0 aliphatic heterocycles. The van der Waals surface area contributed by atoms with Gasteiger partial charge in [0, 0.05) is 11.1 Å². The molecule has 1 aliphatic carbocycles. The van der Waals surface area contributed by atoms with E-state index in [-0.39, 0.29) is 11.1 Å². The number of hydrogen-bond acceptors (Lipinski definition) is 6. The number of aromatic hydroxyl groups is 3. The van der Waals surface area contributed by atoms with Gasteiger partial charge in [0.25, 0.3) is 0 Å². The molecule has 0 saturated heterocycles. The maximum atomic E-state index is 12.0. The van der Waals surface area contributed by atoms with Gasteiger partial charge >= 0.3 is 11.9 Å². The topological polar surface area (TPSA) is 152 Å². The first-order chi connectivity index (χ1) is 9.25. The predicted molar refractivity (Wildman–Crippen MR) is 61.9 cm³/mol. The quantitative estimate of drug-likeness (QED) is 0.495. The molecule has 0 aromatic heterocycles. The Labute approximate surface area is 111 Å². The molecule has 20 heavy (non-hydrogen) atoms. The minimum absolute atomic E-state index is 0.295. The summed E-state index contributed by atoms with van der Waals surface area (Å²) >= 11 is 0. The van der Waals surface area contributed by atoms with Crippen molar-refractivity contribution in [2.24, 2.45) is 5.92 Å². The molecule has 0 saturated carbocycles. The van der Waals surface area contributed by atoms with Gasteiger partial charge in [0.15, 0.2) is 17.3 Å². The Morgan fingerprint density at radius 2 is 1.70 bits per heavy atom. The minimum Gasteiger partial charge on any atom is -0.504 e. The maximum Gasteiger partial charge on any atom is 0.311 e. The largest absolute Gasteiger partial charge is 0.504 e. The van der Waals surface area contributed by atoms with E-state index in [4.69, 9.17) is 10.2 Å². The van der Waals surface area contributed by atoms with Crippen LogP contribution in [0.25, 0.3) is 0 Å². The van der Waals surface area contributed by atoms with Gasteiger partial charge in [-0.05, 0) is 6.07 Å². The standard InChI is InChI=1S/C12H10O8/c13-5-1-3-7(11(18)10(5)17)8(12(19)20)4(9(3)16)2-6(14)15/h1,4,8,13,17-18H,2H2,(H,14,15)(H,19,20)/t4-,8-/m0/s1. The lowest BCUT2D eigenvalue weighted by Crippen LogP contribution is -2.23. The van der Waals surface area contributed by atoms with Crippen molar-refractivity contribution in [3.05, 3.63) is 17.2 Å². The molecular formula is C12H10O8. The summed E-state index contributed by atoms with van der Waals surface area (Å²) in [4.78, 5) is 34.0. The van der Waals surface area contributed by atoms with Gasteiger partial charge in [-0.3, -0.25) is 14.4 Å². The molecule has 0 unspecified atom stereocenters. The molecule has 2 rings (SSSR count). The first kappa shape index (κ1) is 13.7. The van der Waals surface area contributed by atoms with Crippen LogP contribution >= 0.6 is 0 Å². The highest BCUT2D eigenvalue weighted by atomic mass is 16.4. The number of phenolic OH excluding ortho intramolecular Hbond substituents is 3. The Hall–Kier alpha value is -2.77. The van der Waals surface area contributed by atoms with Gasteiger partial charge in [0.1, 0.15) is 0 Å². The second-order valence-corrected chi connectivity index (χ2v) is 4.44. The van der Waals surface area contributed by atoms with Crippen molar-refractivity contribution in [1.82, 2.24) is 0 Å². The molecule has 106 valence electrons. The van der Waals surface area contributed by atoms with Crippen LogP contribution in [0, 0.1) is 5.92 Å². The van der Waals surface area contributed by atoms with Crippen LogP contribution in [0.4, 0.5) is 0 Å². The molecule has 1 aromatic rings. The molecule has 1 aromatic carbocycles. The van der Waals surface area contributed by atoms with Crippen molar-refractivity contribution in [1.29, 1.82) is 0 Å². The Balaban J connectivity index is 2.67. The van der Waals surface area contributed by atoms with Crippen LogP contribution in [0.2, 0.25) is 0 Å². The molecule has 0 fully saturated rings. The van der Waals surface area contributed by atoms with E-state index in [1.807, 2.05) is 0 Å². The molecule has 0 heterocycles. The van der Waals surface area contributed by atoms with Crippen LogP contribution in [0.5, 0.6) is 17.2 Å². The van der Waals surface area contributed by atoms with Gasteiger partial charge in [-0.1, -0.05) is 0 Å². The average Bonchev–Trinajstić information content (AvgIpc) is 2.60.